The largest absolute Gasteiger partial charge is 0.504 e. The number of carbonyl (C=O) groups excluding carboxylic acids is 1. The highest BCUT2D eigenvalue weighted by Crippen LogP contribution is 2.33. The number of phenolic OH excluding ortho intramolecular Hbond substituents is 1. The maximum Gasteiger partial charge on any atom is 0.286 e. The number of likely N-dealkylation sites (tertiary alicyclic amines) is 1. The Hall–Kier alpha value is -1.95. The highest BCUT2D eigenvalue weighted by atomic mass is 32.2. The van der Waals surface area contributed by atoms with Crippen molar-refractivity contribution >= 4 is 28.9 Å². The van der Waals surface area contributed by atoms with E-state index in [-0.39, 0.29) is 11.7 Å². The summed E-state index contributed by atoms with van der Waals surface area (Å²) in [5, 5.41) is 10.5. The van der Waals surface area contributed by atoms with Crippen molar-refractivity contribution in [3.63, 3.8) is 0 Å². The first-order valence-corrected chi connectivity index (χ1v) is 8.63. The second-order valence-corrected chi connectivity index (χ2v) is 6.65. The molecular formula is C17H20N2O3S. The van der Waals surface area contributed by atoms with Crippen LogP contribution in [0, 0.1) is 0 Å². The zero-order valence-corrected chi connectivity index (χ0v) is 13.9. The predicted molar refractivity (Wildman–Crippen MR) is 92.7 cm³/mol. The molecular weight excluding hydrogens is 312 g/mol. The average Bonchev–Trinajstić information content (AvgIpc) is 2.77. The number of amides is 1. The van der Waals surface area contributed by atoms with Gasteiger partial charge in [0.05, 0.1) is 12.0 Å². The van der Waals surface area contributed by atoms with Crippen LogP contribution in [-0.2, 0) is 4.79 Å². The molecule has 0 aliphatic carbocycles. The summed E-state index contributed by atoms with van der Waals surface area (Å²) in [4.78, 5) is 19.2. The van der Waals surface area contributed by atoms with E-state index in [1.807, 2.05) is 0 Å². The summed E-state index contributed by atoms with van der Waals surface area (Å²) in [5.74, 6) is 0.284. The van der Waals surface area contributed by atoms with Gasteiger partial charge in [-0.25, -0.2) is 0 Å². The predicted octanol–water partition coefficient (Wildman–Crippen LogP) is 3.25. The van der Waals surface area contributed by atoms with Gasteiger partial charge in [0.25, 0.3) is 5.91 Å². The van der Waals surface area contributed by atoms with Crippen LogP contribution in [0.2, 0.25) is 0 Å². The molecule has 6 heteroatoms. The molecule has 0 spiro atoms. The number of carbonyl (C=O) groups is 1. The summed E-state index contributed by atoms with van der Waals surface area (Å²) in [6.07, 6.45) is 6.60. The Morgan fingerprint density at radius 2 is 2.00 bits per heavy atom. The number of amidine groups is 1. The molecule has 2 aliphatic rings. The second-order valence-electron chi connectivity index (χ2n) is 5.64. The molecule has 0 bridgehead atoms. The Labute approximate surface area is 140 Å². The van der Waals surface area contributed by atoms with Gasteiger partial charge in [0, 0.05) is 13.1 Å². The fourth-order valence-corrected chi connectivity index (χ4v) is 3.70. The lowest BCUT2D eigenvalue weighted by atomic mass is 10.2. The number of rotatable bonds is 2. The monoisotopic (exact) mass is 332 g/mol. The molecule has 2 heterocycles. The van der Waals surface area contributed by atoms with Gasteiger partial charge in [0.2, 0.25) is 0 Å². The van der Waals surface area contributed by atoms with Gasteiger partial charge in [0.1, 0.15) is 0 Å². The standard InChI is InChI=1S/C17H20N2O3S/c1-22-14-10-12(6-7-13(14)20)11-15-16(21)18-17(23-15)19-8-4-2-3-5-9-19/h6-7,10-11,20H,2-5,8-9H2,1H3. The van der Waals surface area contributed by atoms with E-state index in [4.69, 9.17) is 4.74 Å². The van der Waals surface area contributed by atoms with Gasteiger partial charge in [-0.05, 0) is 48.4 Å². The Morgan fingerprint density at radius 3 is 2.70 bits per heavy atom. The quantitative estimate of drug-likeness (QED) is 0.842. The number of methoxy groups -OCH3 is 1. The van der Waals surface area contributed by atoms with E-state index in [2.05, 4.69) is 9.89 Å². The molecule has 0 aromatic heterocycles. The number of benzene rings is 1. The maximum absolute atomic E-state index is 12.2. The minimum Gasteiger partial charge on any atom is -0.504 e. The number of aliphatic imine (C=N–C) groups is 1. The molecule has 3 rings (SSSR count). The minimum atomic E-state index is -0.193. The van der Waals surface area contributed by atoms with Crippen molar-refractivity contribution in [3.8, 4) is 11.5 Å². The topological polar surface area (TPSA) is 62.1 Å². The number of nitrogens with zero attached hydrogens (tertiary/aromatic N) is 2. The number of hydrogen-bond acceptors (Lipinski definition) is 5. The lowest BCUT2D eigenvalue weighted by Crippen LogP contribution is -2.28. The summed E-state index contributed by atoms with van der Waals surface area (Å²) < 4.78 is 5.10. The van der Waals surface area contributed by atoms with Gasteiger partial charge < -0.3 is 14.7 Å². The summed E-state index contributed by atoms with van der Waals surface area (Å²) in [5.41, 5.74) is 0.808. The van der Waals surface area contributed by atoms with Crippen molar-refractivity contribution in [2.75, 3.05) is 20.2 Å². The summed E-state index contributed by atoms with van der Waals surface area (Å²) >= 11 is 1.43. The van der Waals surface area contributed by atoms with Crippen molar-refractivity contribution in [2.45, 2.75) is 25.7 Å². The highest BCUT2D eigenvalue weighted by molar-refractivity contribution is 8.18. The normalized spacial score (nSPS) is 20.6. The van der Waals surface area contributed by atoms with Crippen LogP contribution in [0.4, 0.5) is 0 Å². The van der Waals surface area contributed by atoms with Crippen molar-refractivity contribution in [1.82, 2.24) is 4.90 Å². The van der Waals surface area contributed by atoms with Crippen molar-refractivity contribution in [1.29, 1.82) is 0 Å². The maximum atomic E-state index is 12.2. The lowest BCUT2D eigenvalue weighted by molar-refractivity contribution is -0.113. The number of phenols is 1. The molecule has 1 fully saturated rings. The lowest BCUT2D eigenvalue weighted by Gasteiger charge is -2.20. The molecule has 0 atom stereocenters. The Bertz CT molecular complexity index is 662. The SMILES string of the molecule is COc1cc(C=C2SC(N3CCCCCC3)=NC2=O)ccc1O. The van der Waals surface area contributed by atoms with Crippen molar-refractivity contribution in [2.24, 2.45) is 4.99 Å². The fourth-order valence-electron chi connectivity index (χ4n) is 2.73. The smallest absolute Gasteiger partial charge is 0.286 e. The molecule has 0 saturated carbocycles. The fraction of sp³-hybridized carbons (Fsp3) is 0.412. The van der Waals surface area contributed by atoms with Crippen molar-refractivity contribution in [3.05, 3.63) is 28.7 Å². The van der Waals surface area contributed by atoms with Gasteiger partial charge in [-0.15, -0.1) is 0 Å². The second kappa shape index (κ2) is 7.08. The van der Waals surface area contributed by atoms with Crippen LogP contribution in [0.25, 0.3) is 6.08 Å². The van der Waals surface area contributed by atoms with Crippen molar-refractivity contribution < 1.29 is 14.6 Å². The van der Waals surface area contributed by atoms with Gasteiger partial charge in [-0.1, -0.05) is 18.9 Å². The van der Waals surface area contributed by atoms with Gasteiger partial charge in [-0.2, -0.15) is 4.99 Å². The van der Waals surface area contributed by atoms with Crippen LogP contribution >= 0.6 is 11.8 Å². The van der Waals surface area contributed by atoms with E-state index in [0.29, 0.717) is 10.7 Å². The Morgan fingerprint density at radius 1 is 1.26 bits per heavy atom. The number of aromatic hydroxyl groups is 1. The molecule has 0 radical (unpaired) electrons. The molecule has 1 saturated heterocycles. The summed E-state index contributed by atoms with van der Waals surface area (Å²) in [6, 6.07) is 5.02. The molecule has 2 aliphatic heterocycles. The van der Waals surface area contributed by atoms with Crippen LogP contribution in [0.1, 0.15) is 31.2 Å². The van der Waals surface area contributed by atoms with E-state index in [1.165, 1.54) is 31.7 Å². The van der Waals surface area contributed by atoms with Gasteiger partial charge in [-0.3, -0.25) is 4.79 Å². The highest BCUT2D eigenvalue weighted by Gasteiger charge is 2.26. The van der Waals surface area contributed by atoms with Gasteiger partial charge in [0.15, 0.2) is 16.7 Å². The van der Waals surface area contributed by atoms with E-state index >= 15 is 0 Å². The molecule has 5 nitrogen and oxygen atoms in total. The van der Waals surface area contributed by atoms with E-state index < -0.39 is 0 Å². The third kappa shape index (κ3) is 3.69. The molecule has 23 heavy (non-hydrogen) atoms. The number of hydrogen-bond donors (Lipinski definition) is 1. The minimum absolute atomic E-state index is 0.0848. The van der Waals surface area contributed by atoms with Crippen LogP contribution in [0.5, 0.6) is 11.5 Å². The first kappa shape index (κ1) is 15.9. The van der Waals surface area contributed by atoms with Crippen LogP contribution in [0.3, 0.4) is 0 Å². The van der Waals surface area contributed by atoms with E-state index in [0.717, 1.165) is 36.7 Å². The zero-order valence-electron chi connectivity index (χ0n) is 13.1. The first-order chi connectivity index (χ1) is 11.2. The summed E-state index contributed by atoms with van der Waals surface area (Å²) in [7, 11) is 1.50. The molecule has 1 N–H and O–H groups in total. The number of ether oxygens (including phenoxy) is 1. The van der Waals surface area contributed by atoms with Gasteiger partial charge >= 0.3 is 0 Å². The Kier molecular flexibility index (Phi) is 4.91. The third-order valence-corrected chi connectivity index (χ3v) is 5.03. The average molecular weight is 332 g/mol. The molecule has 1 aromatic rings. The summed E-state index contributed by atoms with van der Waals surface area (Å²) in [6.45, 7) is 1.94. The zero-order chi connectivity index (χ0) is 16.2. The molecule has 122 valence electrons. The Balaban J connectivity index is 1.76. The van der Waals surface area contributed by atoms with E-state index in [1.54, 1.807) is 24.3 Å². The third-order valence-electron chi connectivity index (χ3n) is 3.99. The van der Waals surface area contributed by atoms with Crippen LogP contribution < -0.4 is 4.74 Å². The molecule has 1 aromatic carbocycles. The molecule has 0 unspecified atom stereocenters. The molecule has 1 amide bonds. The van der Waals surface area contributed by atoms with Crippen LogP contribution in [-0.4, -0.2) is 41.3 Å². The first-order valence-electron chi connectivity index (χ1n) is 7.82. The number of thioether (sulfide) groups is 1. The van der Waals surface area contributed by atoms with Crippen LogP contribution in [0.15, 0.2) is 28.1 Å². The van der Waals surface area contributed by atoms with E-state index in [9.17, 15) is 9.90 Å².